The van der Waals surface area contributed by atoms with E-state index in [9.17, 15) is 14.6 Å². The zero-order chi connectivity index (χ0) is 14.7. The number of aromatic hydroxyl groups is 2. The van der Waals surface area contributed by atoms with Crippen molar-refractivity contribution in [3.63, 3.8) is 0 Å². The van der Waals surface area contributed by atoms with Crippen LogP contribution in [0.5, 0.6) is 11.5 Å². The maximum atomic E-state index is 13.2. The predicted octanol–water partition coefficient (Wildman–Crippen LogP) is 3.65. The maximum Gasteiger partial charge on any atom is 0.124 e. The molecule has 20 heavy (non-hydrogen) atoms. The van der Waals surface area contributed by atoms with Crippen LogP contribution < -0.4 is 5.32 Å². The molecule has 0 saturated heterocycles. The second kappa shape index (κ2) is 5.92. The summed E-state index contributed by atoms with van der Waals surface area (Å²) in [5, 5.41) is 22.4. The van der Waals surface area contributed by atoms with Crippen LogP contribution in [0.25, 0.3) is 0 Å². The van der Waals surface area contributed by atoms with E-state index >= 15 is 0 Å². The zero-order valence-corrected chi connectivity index (χ0v) is 11.5. The van der Waals surface area contributed by atoms with Gasteiger partial charge in [-0.2, -0.15) is 0 Å². The molecule has 2 atom stereocenters. The summed E-state index contributed by atoms with van der Waals surface area (Å²) >= 11 is 0. The minimum Gasteiger partial charge on any atom is -0.508 e. The second-order valence-electron chi connectivity index (χ2n) is 4.91. The van der Waals surface area contributed by atoms with Crippen molar-refractivity contribution in [3.05, 3.63) is 59.4 Å². The molecule has 0 radical (unpaired) electrons. The number of hydrogen-bond acceptors (Lipinski definition) is 3. The lowest BCUT2D eigenvalue weighted by molar-refractivity contribution is 0.427. The van der Waals surface area contributed by atoms with E-state index in [4.69, 9.17) is 0 Å². The summed E-state index contributed by atoms with van der Waals surface area (Å²) in [6, 6.07) is 10.7. The molecule has 106 valence electrons. The number of rotatable bonds is 4. The van der Waals surface area contributed by atoms with Gasteiger partial charge < -0.3 is 15.5 Å². The van der Waals surface area contributed by atoms with Crippen molar-refractivity contribution in [1.29, 1.82) is 0 Å². The summed E-state index contributed by atoms with van der Waals surface area (Å²) < 4.78 is 13.2. The van der Waals surface area contributed by atoms with E-state index < -0.39 is 0 Å². The van der Waals surface area contributed by atoms with Gasteiger partial charge in [0.25, 0.3) is 0 Å². The van der Waals surface area contributed by atoms with Crippen LogP contribution in [0.1, 0.15) is 37.1 Å². The average Bonchev–Trinajstić information content (AvgIpc) is 2.38. The van der Waals surface area contributed by atoms with E-state index in [1.165, 1.54) is 24.3 Å². The quantitative estimate of drug-likeness (QED) is 0.798. The lowest BCUT2D eigenvalue weighted by Gasteiger charge is -2.21. The van der Waals surface area contributed by atoms with Gasteiger partial charge in [0.05, 0.1) is 0 Å². The van der Waals surface area contributed by atoms with Crippen LogP contribution in [0.4, 0.5) is 4.39 Å². The first kappa shape index (κ1) is 14.3. The highest BCUT2D eigenvalue weighted by atomic mass is 19.1. The van der Waals surface area contributed by atoms with Gasteiger partial charge in [-0.05, 0) is 37.6 Å². The standard InChI is InChI=1S/C16H18FNO2/c1-10(12-4-3-5-13(17)8-12)18-11(2)15-7-6-14(19)9-16(15)20/h3-11,18-20H,1-2H3. The number of benzene rings is 2. The molecule has 0 spiro atoms. The molecule has 2 aromatic rings. The molecular weight excluding hydrogens is 257 g/mol. The van der Waals surface area contributed by atoms with Gasteiger partial charge in [0.15, 0.2) is 0 Å². The monoisotopic (exact) mass is 275 g/mol. The summed E-state index contributed by atoms with van der Waals surface area (Å²) in [5.41, 5.74) is 1.53. The van der Waals surface area contributed by atoms with Crippen LogP contribution in [-0.4, -0.2) is 10.2 Å². The Bertz CT molecular complexity index is 601. The molecule has 0 fully saturated rings. The van der Waals surface area contributed by atoms with Crippen LogP contribution in [0.2, 0.25) is 0 Å². The number of nitrogens with one attached hydrogen (secondary N) is 1. The fourth-order valence-electron chi connectivity index (χ4n) is 2.24. The third-order valence-electron chi connectivity index (χ3n) is 3.33. The van der Waals surface area contributed by atoms with Gasteiger partial charge >= 0.3 is 0 Å². The highest BCUT2D eigenvalue weighted by Crippen LogP contribution is 2.29. The molecule has 0 aliphatic rings. The van der Waals surface area contributed by atoms with Gasteiger partial charge in [-0.15, -0.1) is 0 Å². The fourth-order valence-corrected chi connectivity index (χ4v) is 2.24. The molecule has 0 amide bonds. The van der Waals surface area contributed by atoms with E-state index in [1.54, 1.807) is 12.1 Å². The second-order valence-corrected chi connectivity index (χ2v) is 4.91. The molecule has 4 heteroatoms. The Hall–Kier alpha value is -2.07. The predicted molar refractivity (Wildman–Crippen MR) is 76.1 cm³/mol. The summed E-state index contributed by atoms with van der Waals surface area (Å²) in [5.74, 6) is -0.204. The molecule has 0 bridgehead atoms. The van der Waals surface area contributed by atoms with Gasteiger partial charge in [-0.3, -0.25) is 0 Å². The Morgan fingerprint density at radius 2 is 1.75 bits per heavy atom. The van der Waals surface area contributed by atoms with Crippen LogP contribution >= 0.6 is 0 Å². The SMILES string of the molecule is CC(NC(C)c1ccc(O)cc1O)c1cccc(F)c1. The van der Waals surface area contributed by atoms with Crippen LogP contribution in [0, 0.1) is 5.82 Å². The Labute approximate surface area is 117 Å². The topological polar surface area (TPSA) is 52.5 Å². The first-order valence-electron chi connectivity index (χ1n) is 6.50. The third kappa shape index (κ3) is 3.27. The molecule has 0 saturated carbocycles. The Morgan fingerprint density at radius 1 is 1.00 bits per heavy atom. The van der Waals surface area contributed by atoms with Gasteiger partial charge in [0.2, 0.25) is 0 Å². The summed E-state index contributed by atoms with van der Waals surface area (Å²) in [6.07, 6.45) is 0. The molecule has 2 aromatic carbocycles. The van der Waals surface area contributed by atoms with E-state index in [0.29, 0.717) is 5.56 Å². The van der Waals surface area contributed by atoms with E-state index in [0.717, 1.165) is 5.56 Å². The lowest BCUT2D eigenvalue weighted by Crippen LogP contribution is -2.22. The van der Waals surface area contributed by atoms with Crippen LogP contribution in [0.15, 0.2) is 42.5 Å². The average molecular weight is 275 g/mol. The fraction of sp³-hybridized carbons (Fsp3) is 0.250. The van der Waals surface area contributed by atoms with Gasteiger partial charge in [-0.25, -0.2) is 4.39 Å². The first-order chi connectivity index (χ1) is 9.47. The zero-order valence-electron chi connectivity index (χ0n) is 11.5. The Balaban J connectivity index is 2.12. The molecule has 3 N–H and O–H groups in total. The largest absolute Gasteiger partial charge is 0.508 e. The number of phenols is 2. The van der Waals surface area contributed by atoms with Crippen molar-refractivity contribution in [2.45, 2.75) is 25.9 Å². The molecule has 0 aliphatic heterocycles. The summed E-state index contributed by atoms with van der Waals surface area (Å²) in [4.78, 5) is 0. The van der Waals surface area contributed by atoms with Crippen molar-refractivity contribution in [3.8, 4) is 11.5 Å². The maximum absolute atomic E-state index is 13.2. The minimum absolute atomic E-state index is 0.0247. The van der Waals surface area contributed by atoms with Gasteiger partial charge in [0.1, 0.15) is 17.3 Å². The highest BCUT2D eigenvalue weighted by Gasteiger charge is 2.14. The molecule has 0 aliphatic carbocycles. The molecule has 0 heterocycles. The first-order valence-corrected chi connectivity index (χ1v) is 6.50. The Kier molecular flexibility index (Phi) is 4.25. The van der Waals surface area contributed by atoms with Gasteiger partial charge in [-0.1, -0.05) is 18.2 Å². The number of hydrogen-bond donors (Lipinski definition) is 3. The highest BCUT2D eigenvalue weighted by molar-refractivity contribution is 5.40. The summed E-state index contributed by atoms with van der Waals surface area (Å²) in [7, 11) is 0. The van der Waals surface area contributed by atoms with Crippen LogP contribution in [0.3, 0.4) is 0 Å². The van der Waals surface area contributed by atoms with Crippen LogP contribution in [-0.2, 0) is 0 Å². The molecule has 2 rings (SSSR count). The number of halogens is 1. The molecule has 3 nitrogen and oxygen atoms in total. The van der Waals surface area contributed by atoms with E-state index in [2.05, 4.69) is 5.32 Å². The smallest absolute Gasteiger partial charge is 0.124 e. The summed E-state index contributed by atoms with van der Waals surface area (Å²) in [6.45, 7) is 3.84. The number of phenolic OH excluding ortho intramolecular Hbond substituents is 2. The van der Waals surface area contributed by atoms with Crippen molar-refractivity contribution in [1.82, 2.24) is 5.32 Å². The minimum atomic E-state index is -0.267. The van der Waals surface area contributed by atoms with Crippen molar-refractivity contribution < 1.29 is 14.6 Å². The van der Waals surface area contributed by atoms with E-state index in [1.807, 2.05) is 19.9 Å². The molecule has 0 aromatic heterocycles. The van der Waals surface area contributed by atoms with Crippen molar-refractivity contribution in [2.24, 2.45) is 0 Å². The molecular formula is C16H18FNO2. The van der Waals surface area contributed by atoms with Crippen molar-refractivity contribution >= 4 is 0 Å². The normalized spacial score (nSPS) is 13.9. The third-order valence-corrected chi connectivity index (χ3v) is 3.33. The van der Waals surface area contributed by atoms with Gasteiger partial charge in [0, 0.05) is 23.7 Å². The Morgan fingerprint density at radius 3 is 2.40 bits per heavy atom. The van der Waals surface area contributed by atoms with Crippen molar-refractivity contribution in [2.75, 3.05) is 0 Å². The van der Waals surface area contributed by atoms with E-state index in [-0.39, 0.29) is 29.4 Å². The lowest BCUT2D eigenvalue weighted by atomic mass is 10.0. The molecule has 2 unspecified atom stereocenters.